The first kappa shape index (κ1) is 32.1. The molecule has 0 aromatic heterocycles. The van der Waals surface area contributed by atoms with Gasteiger partial charge in [0.05, 0.1) is 6.10 Å². The highest BCUT2D eigenvalue weighted by molar-refractivity contribution is 5.98. The Morgan fingerprint density at radius 1 is 0.894 bits per heavy atom. The van der Waals surface area contributed by atoms with Gasteiger partial charge in [-0.05, 0) is 60.1 Å². The maximum Gasteiger partial charge on any atom is 0.405 e. The second-order valence-corrected chi connectivity index (χ2v) is 12.1. The van der Waals surface area contributed by atoms with Gasteiger partial charge in [0.2, 0.25) is 5.91 Å². The molecule has 0 spiro atoms. The van der Waals surface area contributed by atoms with Gasteiger partial charge in [0.25, 0.3) is 0 Å². The van der Waals surface area contributed by atoms with Gasteiger partial charge in [-0.2, -0.15) is 0 Å². The minimum Gasteiger partial charge on any atom is -0.491 e. The molecule has 9 heteroatoms. The summed E-state index contributed by atoms with van der Waals surface area (Å²) < 4.78 is 12.5. The van der Waals surface area contributed by atoms with Crippen LogP contribution in [0.1, 0.15) is 41.0 Å². The molecule has 1 fully saturated rings. The summed E-state index contributed by atoms with van der Waals surface area (Å²) in [6.45, 7) is 2.89. The normalized spacial score (nSPS) is 18.0. The Labute approximate surface area is 275 Å². The van der Waals surface area contributed by atoms with Crippen LogP contribution in [0.4, 0.5) is 16.2 Å². The van der Waals surface area contributed by atoms with Crippen LogP contribution in [0.15, 0.2) is 103 Å². The highest BCUT2D eigenvalue weighted by Crippen LogP contribution is 2.30. The van der Waals surface area contributed by atoms with Crippen LogP contribution in [0.5, 0.6) is 5.75 Å². The molecule has 0 radical (unpaired) electrons. The molecule has 0 aliphatic carbocycles. The third kappa shape index (κ3) is 8.49. The number of rotatable bonds is 12. The minimum absolute atomic E-state index is 0.0201. The van der Waals surface area contributed by atoms with Gasteiger partial charge in [0, 0.05) is 43.0 Å². The number of morpholine rings is 1. The molecule has 0 saturated carbocycles. The highest BCUT2D eigenvalue weighted by atomic mass is 16.5. The van der Waals surface area contributed by atoms with E-state index in [9.17, 15) is 14.7 Å². The minimum atomic E-state index is -1.26. The molecule has 2 aliphatic heterocycles. The van der Waals surface area contributed by atoms with E-state index in [0.717, 1.165) is 60.5 Å². The van der Waals surface area contributed by atoms with E-state index in [1.807, 2.05) is 91.0 Å². The number of anilines is 2. The first-order chi connectivity index (χ1) is 23.0. The van der Waals surface area contributed by atoms with E-state index in [1.54, 1.807) is 0 Å². The number of fused-ring (bicyclic) bond motifs is 1. The van der Waals surface area contributed by atoms with Crippen LogP contribution in [0.3, 0.4) is 0 Å². The molecular formula is C38H42N4O5. The van der Waals surface area contributed by atoms with Gasteiger partial charge in [-0.3, -0.25) is 4.79 Å². The Hall–Kier alpha value is -4.86. The summed E-state index contributed by atoms with van der Waals surface area (Å²) in [6, 6.07) is 31.8. The number of benzene rings is 4. The number of carbonyl (C=O) groups excluding carboxylic acids is 1. The molecule has 0 bridgehead atoms. The third-order valence-electron chi connectivity index (χ3n) is 8.81. The number of hydrogen-bond acceptors (Lipinski definition) is 6. The maximum atomic E-state index is 13.9. The van der Waals surface area contributed by atoms with Crippen LogP contribution >= 0.6 is 0 Å². The number of amides is 2. The van der Waals surface area contributed by atoms with Gasteiger partial charge in [-0.1, -0.05) is 84.9 Å². The van der Waals surface area contributed by atoms with Crippen molar-refractivity contribution in [2.24, 2.45) is 0 Å². The number of carbonyl (C=O) groups is 2. The monoisotopic (exact) mass is 634 g/mol. The van der Waals surface area contributed by atoms with E-state index in [0.29, 0.717) is 25.3 Å². The standard InChI is InChI=1S/C38H42N4O5/c43-37(36(42-38(44)45)35(28-11-3-1-4-12-28)29-13-5-2-6-14-29)41-33-16-8-7-10-26(33)18-20-31-23-39-24-32(47-31)25-46-30-19-17-27-15-9-21-40-34(27)22-30/h1-8,10-14,16-17,19,22,31-32,35-36,39-40,42H,9,15,18,20-21,23-25H2,(H,41,43)(H,44,45)/t31-,32+,36?/m1/s1. The van der Waals surface area contributed by atoms with Crippen molar-refractivity contribution in [1.82, 2.24) is 10.6 Å². The van der Waals surface area contributed by atoms with E-state index in [4.69, 9.17) is 9.47 Å². The Kier molecular flexibility index (Phi) is 10.7. The van der Waals surface area contributed by atoms with E-state index >= 15 is 0 Å². The molecule has 3 atom stereocenters. The van der Waals surface area contributed by atoms with Crippen molar-refractivity contribution in [2.45, 2.75) is 49.9 Å². The van der Waals surface area contributed by atoms with E-state index < -0.39 is 24.0 Å². The fourth-order valence-corrected chi connectivity index (χ4v) is 6.48. The molecule has 4 aromatic rings. The molecule has 2 aliphatic rings. The Morgan fingerprint density at radius 2 is 1.60 bits per heavy atom. The zero-order valence-electron chi connectivity index (χ0n) is 26.4. The lowest BCUT2D eigenvalue weighted by molar-refractivity contribution is -0.118. The summed E-state index contributed by atoms with van der Waals surface area (Å²) in [4.78, 5) is 25.9. The van der Waals surface area contributed by atoms with Crippen LogP contribution in [-0.2, 0) is 22.4 Å². The average Bonchev–Trinajstić information content (AvgIpc) is 3.11. The number of aryl methyl sites for hydroxylation is 2. The van der Waals surface area contributed by atoms with E-state index in [-0.39, 0.29) is 12.2 Å². The maximum absolute atomic E-state index is 13.9. The summed E-state index contributed by atoms with van der Waals surface area (Å²) in [6.07, 6.45) is 2.29. The van der Waals surface area contributed by atoms with Crippen molar-refractivity contribution in [3.63, 3.8) is 0 Å². The number of ether oxygens (including phenoxy) is 2. The first-order valence-electron chi connectivity index (χ1n) is 16.4. The van der Waals surface area contributed by atoms with Crippen molar-refractivity contribution in [2.75, 3.05) is 36.9 Å². The SMILES string of the molecule is O=C(O)NC(C(=O)Nc1ccccc1CC[C@@H]1CNC[C@@H](COc2ccc3c(c2)NCCC3)O1)C(c1ccccc1)c1ccccc1. The quantitative estimate of drug-likeness (QED) is 0.133. The van der Waals surface area contributed by atoms with E-state index in [1.165, 1.54) is 5.56 Å². The highest BCUT2D eigenvalue weighted by Gasteiger charge is 2.33. The molecule has 2 heterocycles. The van der Waals surface area contributed by atoms with Crippen LogP contribution in [0.2, 0.25) is 0 Å². The Morgan fingerprint density at radius 3 is 2.34 bits per heavy atom. The zero-order chi connectivity index (χ0) is 32.4. The molecule has 9 nitrogen and oxygen atoms in total. The van der Waals surface area contributed by atoms with Crippen LogP contribution in [0, 0.1) is 0 Å². The lowest BCUT2D eigenvalue weighted by Gasteiger charge is -2.31. The molecule has 5 N–H and O–H groups in total. The molecule has 244 valence electrons. The Balaban J connectivity index is 1.10. The molecule has 1 unspecified atom stereocenters. The van der Waals surface area contributed by atoms with Crippen molar-refractivity contribution in [3.8, 4) is 5.75 Å². The number of hydrogen-bond donors (Lipinski definition) is 5. The van der Waals surface area contributed by atoms with Gasteiger partial charge in [0.1, 0.15) is 24.5 Å². The van der Waals surface area contributed by atoms with Crippen molar-refractivity contribution < 1.29 is 24.2 Å². The van der Waals surface area contributed by atoms with E-state index in [2.05, 4.69) is 33.4 Å². The fourth-order valence-electron chi connectivity index (χ4n) is 6.48. The lowest BCUT2D eigenvalue weighted by atomic mass is 9.84. The molecule has 4 aromatic carbocycles. The summed E-state index contributed by atoms with van der Waals surface area (Å²) in [7, 11) is 0. The van der Waals surface area contributed by atoms with Crippen molar-refractivity contribution >= 4 is 23.4 Å². The number of nitrogens with one attached hydrogen (secondary N) is 4. The summed E-state index contributed by atoms with van der Waals surface area (Å²) >= 11 is 0. The van der Waals surface area contributed by atoms with Gasteiger partial charge >= 0.3 is 6.09 Å². The second-order valence-electron chi connectivity index (χ2n) is 12.1. The van der Waals surface area contributed by atoms with Crippen LogP contribution in [-0.4, -0.2) is 61.6 Å². The number of carboxylic acid groups (broad SMARTS) is 1. The van der Waals surface area contributed by atoms with Gasteiger partial charge in [0.15, 0.2) is 0 Å². The molecular weight excluding hydrogens is 592 g/mol. The predicted molar refractivity (Wildman–Crippen MR) is 183 cm³/mol. The third-order valence-corrected chi connectivity index (χ3v) is 8.81. The van der Waals surface area contributed by atoms with Crippen LogP contribution in [0.25, 0.3) is 0 Å². The van der Waals surface area contributed by atoms with Gasteiger partial charge < -0.3 is 35.8 Å². The Bertz CT molecular complexity index is 1590. The molecule has 47 heavy (non-hydrogen) atoms. The van der Waals surface area contributed by atoms with Crippen molar-refractivity contribution in [1.29, 1.82) is 0 Å². The fraction of sp³-hybridized carbons (Fsp3) is 0.316. The smallest absolute Gasteiger partial charge is 0.405 e. The van der Waals surface area contributed by atoms with Crippen molar-refractivity contribution in [3.05, 3.63) is 125 Å². The molecule has 1 saturated heterocycles. The lowest BCUT2D eigenvalue weighted by Crippen LogP contribution is -2.47. The first-order valence-corrected chi connectivity index (χ1v) is 16.4. The largest absolute Gasteiger partial charge is 0.491 e. The zero-order valence-corrected chi connectivity index (χ0v) is 26.4. The average molecular weight is 635 g/mol. The molecule has 2 amide bonds. The van der Waals surface area contributed by atoms with Gasteiger partial charge in [-0.25, -0.2) is 4.79 Å². The van der Waals surface area contributed by atoms with Gasteiger partial charge in [-0.15, -0.1) is 0 Å². The molecule has 6 rings (SSSR count). The second kappa shape index (κ2) is 15.6. The predicted octanol–water partition coefficient (Wildman–Crippen LogP) is 5.82. The summed E-state index contributed by atoms with van der Waals surface area (Å²) in [5.74, 6) is -0.118. The summed E-state index contributed by atoms with van der Waals surface area (Å²) in [5, 5.41) is 22.3. The number of para-hydroxylation sites is 1. The van der Waals surface area contributed by atoms with Crippen LogP contribution < -0.4 is 26.0 Å². The summed E-state index contributed by atoms with van der Waals surface area (Å²) in [5.41, 5.74) is 5.76. The topological polar surface area (TPSA) is 121 Å².